The van der Waals surface area contributed by atoms with Gasteiger partial charge in [0, 0.05) is 56.3 Å². The molecule has 6 rings (SSSR count). The van der Waals surface area contributed by atoms with E-state index >= 15 is 0 Å². The van der Waals surface area contributed by atoms with Gasteiger partial charge in [0.2, 0.25) is 0 Å². The topological polar surface area (TPSA) is 42.9 Å². The van der Waals surface area contributed by atoms with Crippen LogP contribution in [0.4, 0.5) is 5.69 Å². The maximum atomic E-state index is 5.51. The Morgan fingerprint density at radius 2 is 1.59 bits per heavy atom. The normalized spacial score (nSPS) is 31.4. The van der Waals surface area contributed by atoms with E-state index in [1.807, 2.05) is 30.3 Å². The summed E-state index contributed by atoms with van der Waals surface area (Å²) in [5.74, 6) is 0.468. The molecule has 150 valence electrons. The number of nitrogens with one attached hydrogen (secondary N) is 2. The molecule has 5 nitrogen and oxygen atoms in total. The molecular formula is C23H27N5S. The lowest BCUT2D eigenvalue weighted by Crippen LogP contribution is -2.62. The highest BCUT2D eigenvalue weighted by atomic mass is 32.1. The molecule has 4 aliphatic rings. The molecule has 0 aliphatic carbocycles. The Morgan fingerprint density at radius 1 is 0.966 bits per heavy atom. The predicted octanol–water partition coefficient (Wildman–Crippen LogP) is 2.82. The van der Waals surface area contributed by atoms with Crippen LogP contribution < -0.4 is 10.7 Å². The van der Waals surface area contributed by atoms with Crippen LogP contribution >= 0.6 is 12.2 Å². The standard InChI is InChI=1S/C23H27N5S/c29-22(24-20-9-5-2-6-10-20)26-25-21-19-14-27-11-12-28(15-19)17-23(21,16-27)13-18-7-3-1-4-8-18/h1-10,19H,11-17H2,(H2,24,26,29)/b25-21-. The maximum Gasteiger partial charge on any atom is 0.191 e. The summed E-state index contributed by atoms with van der Waals surface area (Å²) in [5.41, 5.74) is 6.87. The minimum atomic E-state index is 0.0500. The summed E-state index contributed by atoms with van der Waals surface area (Å²) in [6.07, 6.45) is 1.02. The van der Waals surface area contributed by atoms with Gasteiger partial charge >= 0.3 is 0 Å². The lowest BCUT2D eigenvalue weighted by molar-refractivity contribution is 0.117. The van der Waals surface area contributed by atoms with Gasteiger partial charge < -0.3 is 15.1 Å². The number of hydrazone groups is 1. The summed E-state index contributed by atoms with van der Waals surface area (Å²) in [6.45, 7) is 6.70. The van der Waals surface area contributed by atoms with Crippen LogP contribution in [-0.2, 0) is 6.42 Å². The number of rotatable bonds is 4. The minimum Gasteiger partial charge on any atom is -0.331 e. The van der Waals surface area contributed by atoms with Gasteiger partial charge in [-0.3, -0.25) is 5.43 Å². The van der Waals surface area contributed by atoms with Crippen molar-refractivity contribution in [2.24, 2.45) is 16.4 Å². The summed E-state index contributed by atoms with van der Waals surface area (Å²) in [7, 11) is 0. The SMILES string of the molecule is S=C(N/N=C1/C2CN3CCN(C2)CC1(Cc1ccccc1)C3)Nc1ccccc1. The quantitative estimate of drug-likeness (QED) is 0.605. The van der Waals surface area contributed by atoms with Crippen LogP contribution in [0, 0.1) is 11.3 Å². The summed E-state index contributed by atoms with van der Waals surface area (Å²) in [4.78, 5) is 5.28. The maximum absolute atomic E-state index is 5.51. The van der Waals surface area contributed by atoms with Crippen molar-refractivity contribution in [3.8, 4) is 0 Å². The van der Waals surface area contributed by atoms with Gasteiger partial charge in [0.05, 0.1) is 5.71 Å². The first-order valence-electron chi connectivity index (χ1n) is 10.4. The molecule has 2 atom stereocenters. The van der Waals surface area contributed by atoms with Gasteiger partial charge in [-0.1, -0.05) is 48.5 Å². The molecule has 2 aromatic rings. The van der Waals surface area contributed by atoms with E-state index in [4.69, 9.17) is 17.3 Å². The number of para-hydroxylation sites is 1. The molecule has 4 fully saturated rings. The molecule has 0 radical (unpaired) electrons. The fourth-order valence-electron chi connectivity index (χ4n) is 5.30. The smallest absolute Gasteiger partial charge is 0.191 e. The molecule has 4 bridgehead atoms. The monoisotopic (exact) mass is 405 g/mol. The van der Waals surface area contributed by atoms with Gasteiger partial charge in [-0.25, -0.2) is 0 Å². The van der Waals surface area contributed by atoms with E-state index < -0.39 is 0 Å². The lowest BCUT2D eigenvalue weighted by Gasteiger charge is -2.50. The van der Waals surface area contributed by atoms with E-state index in [1.54, 1.807) is 0 Å². The van der Waals surface area contributed by atoms with Crippen molar-refractivity contribution in [1.29, 1.82) is 0 Å². The van der Waals surface area contributed by atoms with Crippen molar-refractivity contribution in [3.63, 3.8) is 0 Å². The number of benzene rings is 2. The van der Waals surface area contributed by atoms with E-state index in [0.29, 0.717) is 11.0 Å². The van der Waals surface area contributed by atoms with Crippen molar-refractivity contribution >= 4 is 28.7 Å². The predicted molar refractivity (Wildman–Crippen MR) is 122 cm³/mol. The van der Waals surface area contributed by atoms with Crippen molar-refractivity contribution in [2.75, 3.05) is 44.6 Å². The fourth-order valence-corrected chi connectivity index (χ4v) is 5.46. The van der Waals surface area contributed by atoms with Gasteiger partial charge in [-0.15, -0.1) is 0 Å². The zero-order chi connectivity index (χ0) is 19.7. The van der Waals surface area contributed by atoms with Crippen LogP contribution in [0.5, 0.6) is 0 Å². The number of hydrogen-bond acceptors (Lipinski definition) is 4. The van der Waals surface area contributed by atoms with Crippen molar-refractivity contribution in [2.45, 2.75) is 6.42 Å². The molecule has 2 N–H and O–H groups in total. The molecule has 0 saturated carbocycles. The highest BCUT2D eigenvalue weighted by Gasteiger charge is 2.52. The van der Waals surface area contributed by atoms with Crippen LogP contribution in [0.2, 0.25) is 0 Å². The van der Waals surface area contributed by atoms with Gasteiger partial charge in [-0.2, -0.15) is 5.10 Å². The first kappa shape index (κ1) is 18.7. The first-order valence-corrected chi connectivity index (χ1v) is 10.8. The third kappa shape index (κ3) is 3.92. The third-order valence-corrected chi connectivity index (χ3v) is 6.56. The second kappa shape index (κ2) is 7.86. The highest BCUT2D eigenvalue weighted by Crippen LogP contribution is 2.40. The van der Waals surface area contributed by atoms with Crippen molar-refractivity contribution < 1.29 is 0 Å². The van der Waals surface area contributed by atoms with Crippen LogP contribution in [0.25, 0.3) is 0 Å². The molecule has 4 heterocycles. The zero-order valence-electron chi connectivity index (χ0n) is 16.6. The van der Waals surface area contributed by atoms with E-state index in [1.165, 1.54) is 24.4 Å². The largest absolute Gasteiger partial charge is 0.331 e. The third-order valence-electron chi connectivity index (χ3n) is 6.37. The van der Waals surface area contributed by atoms with E-state index in [2.05, 4.69) is 50.9 Å². The van der Waals surface area contributed by atoms with Gasteiger partial charge in [0.15, 0.2) is 5.11 Å². The second-order valence-corrected chi connectivity index (χ2v) is 8.95. The number of nitrogens with zero attached hydrogens (tertiary/aromatic N) is 3. The van der Waals surface area contributed by atoms with Crippen LogP contribution in [0.1, 0.15) is 5.56 Å². The van der Waals surface area contributed by atoms with Crippen LogP contribution in [-0.4, -0.2) is 59.9 Å². The minimum absolute atomic E-state index is 0.0500. The molecule has 4 saturated heterocycles. The van der Waals surface area contributed by atoms with Crippen molar-refractivity contribution in [1.82, 2.24) is 15.2 Å². The molecule has 0 amide bonds. The van der Waals surface area contributed by atoms with Crippen LogP contribution in [0.3, 0.4) is 0 Å². The Labute approximate surface area is 177 Å². The lowest BCUT2D eigenvalue weighted by atomic mass is 9.67. The van der Waals surface area contributed by atoms with Crippen LogP contribution in [0.15, 0.2) is 65.8 Å². The molecule has 2 unspecified atom stereocenters. The van der Waals surface area contributed by atoms with Crippen molar-refractivity contribution in [3.05, 3.63) is 66.2 Å². The highest BCUT2D eigenvalue weighted by molar-refractivity contribution is 7.80. The Morgan fingerprint density at radius 3 is 2.24 bits per heavy atom. The zero-order valence-corrected chi connectivity index (χ0v) is 17.4. The number of piperidine rings is 2. The van der Waals surface area contributed by atoms with Gasteiger partial charge in [-0.05, 0) is 36.3 Å². The molecule has 2 aromatic carbocycles. The average Bonchev–Trinajstić information content (AvgIpc) is 2.96. The number of thiocarbonyl (C=S) groups is 1. The first-order chi connectivity index (χ1) is 14.2. The number of anilines is 1. The second-order valence-electron chi connectivity index (χ2n) is 8.54. The van der Waals surface area contributed by atoms with Gasteiger partial charge in [0.25, 0.3) is 0 Å². The molecule has 0 spiro atoms. The Balaban J connectivity index is 1.40. The molecule has 4 aliphatic heterocycles. The summed E-state index contributed by atoms with van der Waals surface area (Å²) < 4.78 is 0. The Hall–Kier alpha value is -2.28. The summed E-state index contributed by atoms with van der Waals surface area (Å²) in [5, 5.41) is 8.72. The molecule has 29 heavy (non-hydrogen) atoms. The molecule has 0 aromatic heterocycles. The van der Waals surface area contributed by atoms with E-state index in [9.17, 15) is 0 Å². The average molecular weight is 406 g/mol. The summed E-state index contributed by atoms with van der Waals surface area (Å²) in [6, 6.07) is 20.8. The summed E-state index contributed by atoms with van der Waals surface area (Å²) >= 11 is 5.51. The molecular weight excluding hydrogens is 378 g/mol. The van der Waals surface area contributed by atoms with E-state index in [-0.39, 0.29) is 5.41 Å². The number of fused-ring (bicyclic) bond motifs is 1. The van der Waals surface area contributed by atoms with Gasteiger partial charge in [0.1, 0.15) is 0 Å². The Bertz CT molecular complexity index is 882. The van der Waals surface area contributed by atoms with E-state index in [0.717, 1.165) is 38.3 Å². The Kier molecular flexibility index (Phi) is 5.08. The molecule has 6 heteroatoms. The number of hydrogen-bond donors (Lipinski definition) is 2. The fraction of sp³-hybridized carbons (Fsp3) is 0.391.